The first-order valence-corrected chi connectivity index (χ1v) is 7.39. The first-order valence-electron chi connectivity index (χ1n) is 7.39. The summed E-state index contributed by atoms with van der Waals surface area (Å²) in [6.45, 7) is 0. The SMILES string of the molecule is COc1cc(OC)cc(C(=O)N/N=C/c2ccc(OC)cc2OC)c1. The number of benzene rings is 2. The van der Waals surface area contributed by atoms with Gasteiger partial charge in [-0.1, -0.05) is 0 Å². The predicted octanol–water partition coefficient (Wildman–Crippen LogP) is 2.48. The van der Waals surface area contributed by atoms with Gasteiger partial charge in [0.15, 0.2) is 0 Å². The van der Waals surface area contributed by atoms with Crippen LogP contribution in [0.5, 0.6) is 23.0 Å². The highest BCUT2D eigenvalue weighted by Gasteiger charge is 2.09. The Morgan fingerprint density at radius 1 is 0.880 bits per heavy atom. The van der Waals surface area contributed by atoms with Crippen LogP contribution in [0.4, 0.5) is 0 Å². The molecule has 0 atom stereocenters. The van der Waals surface area contributed by atoms with E-state index in [4.69, 9.17) is 18.9 Å². The fourth-order valence-electron chi connectivity index (χ4n) is 2.09. The van der Waals surface area contributed by atoms with Gasteiger partial charge < -0.3 is 18.9 Å². The summed E-state index contributed by atoms with van der Waals surface area (Å²) in [6, 6.07) is 10.2. The molecule has 7 heteroatoms. The van der Waals surface area contributed by atoms with Crippen molar-refractivity contribution < 1.29 is 23.7 Å². The largest absolute Gasteiger partial charge is 0.497 e. The van der Waals surface area contributed by atoms with E-state index >= 15 is 0 Å². The van der Waals surface area contributed by atoms with E-state index in [0.717, 1.165) is 0 Å². The number of hydrogen-bond acceptors (Lipinski definition) is 6. The quantitative estimate of drug-likeness (QED) is 0.617. The van der Waals surface area contributed by atoms with E-state index < -0.39 is 0 Å². The molecular weight excluding hydrogens is 324 g/mol. The molecule has 0 aliphatic rings. The molecule has 0 bridgehead atoms. The average Bonchev–Trinajstić information content (AvgIpc) is 2.67. The van der Waals surface area contributed by atoms with Crippen LogP contribution in [0, 0.1) is 0 Å². The highest BCUT2D eigenvalue weighted by Crippen LogP contribution is 2.24. The van der Waals surface area contributed by atoms with Gasteiger partial charge in [0.05, 0.1) is 34.7 Å². The lowest BCUT2D eigenvalue weighted by molar-refractivity contribution is 0.0954. The van der Waals surface area contributed by atoms with Gasteiger partial charge in [0.2, 0.25) is 0 Å². The van der Waals surface area contributed by atoms with Crippen LogP contribution in [-0.4, -0.2) is 40.6 Å². The van der Waals surface area contributed by atoms with Gasteiger partial charge >= 0.3 is 0 Å². The fourth-order valence-corrected chi connectivity index (χ4v) is 2.09. The number of nitrogens with one attached hydrogen (secondary N) is 1. The third-order valence-electron chi connectivity index (χ3n) is 3.42. The lowest BCUT2D eigenvalue weighted by atomic mass is 10.2. The topological polar surface area (TPSA) is 78.4 Å². The van der Waals surface area contributed by atoms with Gasteiger partial charge in [-0.25, -0.2) is 5.43 Å². The number of nitrogens with zero attached hydrogens (tertiary/aromatic N) is 1. The Morgan fingerprint density at radius 2 is 1.52 bits per heavy atom. The molecule has 2 aromatic carbocycles. The van der Waals surface area contributed by atoms with E-state index in [1.54, 1.807) is 50.6 Å². The third kappa shape index (κ3) is 4.63. The number of hydrazone groups is 1. The maximum Gasteiger partial charge on any atom is 0.271 e. The lowest BCUT2D eigenvalue weighted by Gasteiger charge is -2.08. The number of amides is 1. The van der Waals surface area contributed by atoms with Crippen molar-refractivity contribution in [3.05, 3.63) is 47.5 Å². The highest BCUT2D eigenvalue weighted by atomic mass is 16.5. The van der Waals surface area contributed by atoms with Gasteiger partial charge in [0, 0.05) is 23.3 Å². The van der Waals surface area contributed by atoms with Crippen LogP contribution in [-0.2, 0) is 0 Å². The Balaban J connectivity index is 2.13. The van der Waals surface area contributed by atoms with E-state index in [2.05, 4.69) is 10.5 Å². The van der Waals surface area contributed by atoms with E-state index in [1.165, 1.54) is 20.4 Å². The van der Waals surface area contributed by atoms with Crippen LogP contribution >= 0.6 is 0 Å². The maximum absolute atomic E-state index is 12.2. The summed E-state index contributed by atoms with van der Waals surface area (Å²) in [6.07, 6.45) is 1.49. The second kappa shape index (κ2) is 8.58. The molecule has 25 heavy (non-hydrogen) atoms. The second-order valence-electron chi connectivity index (χ2n) is 4.91. The van der Waals surface area contributed by atoms with Crippen LogP contribution < -0.4 is 24.4 Å². The molecule has 132 valence electrons. The molecule has 0 saturated heterocycles. The van der Waals surface area contributed by atoms with Gasteiger partial charge in [-0.2, -0.15) is 5.10 Å². The Kier molecular flexibility index (Phi) is 6.22. The summed E-state index contributed by atoms with van der Waals surface area (Å²) in [4.78, 5) is 12.2. The Hall–Kier alpha value is -3.22. The molecule has 2 rings (SSSR count). The van der Waals surface area contributed by atoms with Crippen LogP contribution in [0.3, 0.4) is 0 Å². The lowest BCUT2D eigenvalue weighted by Crippen LogP contribution is -2.17. The number of carbonyl (C=O) groups excluding carboxylic acids is 1. The maximum atomic E-state index is 12.2. The van der Waals surface area contributed by atoms with Crippen molar-refractivity contribution in [1.29, 1.82) is 0 Å². The van der Waals surface area contributed by atoms with Crippen molar-refractivity contribution in [1.82, 2.24) is 5.43 Å². The van der Waals surface area contributed by atoms with E-state index in [-0.39, 0.29) is 5.91 Å². The molecule has 1 N–H and O–H groups in total. The average molecular weight is 344 g/mol. The smallest absolute Gasteiger partial charge is 0.271 e. The molecule has 0 heterocycles. The molecule has 0 aliphatic heterocycles. The fraction of sp³-hybridized carbons (Fsp3) is 0.222. The number of hydrogen-bond donors (Lipinski definition) is 1. The van der Waals surface area contributed by atoms with Gasteiger partial charge in [-0.15, -0.1) is 0 Å². The van der Waals surface area contributed by atoms with Crippen LogP contribution in [0.15, 0.2) is 41.5 Å². The number of ether oxygens (including phenoxy) is 4. The van der Waals surface area contributed by atoms with Crippen molar-refractivity contribution in [2.45, 2.75) is 0 Å². The monoisotopic (exact) mass is 344 g/mol. The summed E-state index contributed by atoms with van der Waals surface area (Å²) in [5.41, 5.74) is 3.53. The molecule has 7 nitrogen and oxygen atoms in total. The molecule has 0 fully saturated rings. The van der Waals surface area contributed by atoms with Crippen molar-refractivity contribution in [2.75, 3.05) is 28.4 Å². The minimum atomic E-state index is -0.388. The molecule has 0 aromatic heterocycles. The second-order valence-corrected chi connectivity index (χ2v) is 4.91. The summed E-state index contributed by atoms with van der Waals surface area (Å²) >= 11 is 0. The summed E-state index contributed by atoms with van der Waals surface area (Å²) in [5.74, 6) is 1.90. The summed E-state index contributed by atoms with van der Waals surface area (Å²) in [5, 5.41) is 3.97. The minimum absolute atomic E-state index is 0.370. The molecule has 0 spiro atoms. The first kappa shape index (κ1) is 18.1. The normalized spacial score (nSPS) is 10.4. The van der Waals surface area contributed by atoms with Crippen LogP contribution in [0.25, 0.3) is 0 Å². The highest BCUT2D eigenvalue weighted by molar-refractivity contribution is 5.96. The molecule has 0 unspecified atom stereocenters. The predicted molar refractivity (Wildman–Crippen MR) is 94.2 cm³/mol. The molecule has 0 aliphatic carbocycles. The van der Waals surface area contributed by atoms with E-state index in [9.17, 15) is 4.79 Å². The van der Waals surface area contributed by atoms with Crippen molar-refractivity contribution >= 4 is 12.1 Å². The third-order valence-corrected chi connectivity index (χ3v) is 3.42. The van der Waals surface area contributed by atoms with E-state index in [0.29, 0.717) is 34.1 Å². The minimum Gasteiger partial charge on any atom is -0.497 e. The standard InChI is InChI=1S/C18H20N2O5/c1-22-14-6-5-12(17(10-14)25-4)11-19-20-18(21)13-7-15(23-2)9-16(8-13)24-3/h5-11H,1-4H3,(H,20,21)/b19-11+. The Morgan fingerprint density at radius 3 is 2.08 bits per heavy atom. The molecular formula is C18H20N2O5. The zero-order chi connectivity index (χ0) is 18.2. The summed E-state index contributed by atoms with van der Waals surface area (Å²) in [7, 11) is 6.16. The van der Waals surface area contributed by atoms with Crippen molar-refractivity contribution in [3.63, 3.8) is 0 Å². The number of rotatable bonds is 7. The van der Waals surface area contributed by atoms with Gasteiger partial charge in [0.25, 0.3) is 5.91 Å². The van der Waals surface area contributed by atoms with Gasteiger partial charge in [-0.3, -0.25) is 4.79 Å². The zero-order valence-corrected chi connectivity index (χ0v) is 14.5. The van der Waals surface area contributed by atoms with Crippen molar-refractivity contribution in [2.24, 2.45) is 5.10 Å². The molecule has 0 radical (unpaired) electrons. The van der Waals surface area contributed by atoms with Gasteiger partial charge in [-0.05, 0) is 24.3 Å². The summed E-state index contributed by atoms with van der Waals surface area (Å²) < 4.78 is 20.7. The molecule has 2 aromatic rings. The van der Waals surface area contributed by atoms with Crippen LogP contribution in [0.2, 0.25) is 0 Å². The van der Waals surface area contributed by atoms with Gasteiger partial charge in [0.1, 0.15) is 23.0 Å². The van der Waals surface area contributed by atoms with E-state index in [1.807, 2.05) is 0 Å². The Labute approximate surface area is 146 Å². The molecule has 1 amide bonds. The number of carbonyl (C=O) groups is 1. The van der Waals surface area contributed by atoms with Crippen molar-refractivity contribution in [3.8, 4) is 23.0 Å². The number of methoxy groups -OCH3 is 4. The van der Waals surface area contributed by atoms with Crippen LogP contribution in [0.1, 0.15) is 15.9 Å². The Bertz CT molecular complexity index is 752. The zero-order valence-electron chi connectivity index (χ0n) is 14.5. The first-order chi connectivity index (χ1) is 12.1. The molecule has 0 saturated carbocycles.